The third-order valence-corrected chi connectivity index (χ3v) is 3.08. The normalized spacial score (nSPS) is 24.3. The van der Waals surface area contributed by atoms with Crippen LogP contribution in [0.1, 0.15) is 27.7 Å². The van der Waals surface area contributed by atoms with E-state index in [9.17, 15) is 0 Å². The van der Waals surface area contributed by atoms with Crippen molar-refractivity contribution in [3.8, 4) is 0 Å². The fourth-order valence-corrected chi connectivity index (χ4v) is 2.27. The lowest BCUT2D eigenvalue weighted by atomic mass is 10.2. The number of hydrogen-bond donors (Lipinski definition) is 3. The van der Waals surface area contributed by atoms with Gasteiger partial charge in [0.1, 0.15) is 18.0 Å². The summed E-state index contributed by atoms with van der Waals surface area (Å²) >= 11 is 0. The zero-order chi connectivity index (χ0) is 15.5. The van der Waals surface area contributed by atoms with E-state index in [0.717, 1.165) is 5.82 Å². The molecule has 1 fully saturated rings. The molecule has 2 unspecified atom stereocenters. The van der Waals surface area contributed by atoms with E-state index < -0.39 is 5.79 Å². The molecule has 21 heavy (non-hydrogen) atoms. The molecular weight excluding hydrogens is 270 g/mol. The number of anilines is 2. The monoisotopic (exact) mass is 295 g/mol. The van der Waals surface area contributed by atoms with Crippen molar-refractivity contribution in [3.05, 3.63) is 12.3 Å². The molecule has 1 aromatic rings. The van der Waals surface area contributed by atoms with E-state index in [1.54, 1.807) is 6.20 Å². The Kier molecular flexibility index (Phi) is 4.97. The standard InChI is InChI=1S/C14H25N5O2/c1-9(2)18-13-16-6-5-12(19-13)17-8-11-10(7-15)20-14(3,4)21-11/h5-6,9-11H,7-8,15H2,1-4H3,(H2,16,17,18,19). The summed E-state index contributed by atoms with van der Waals surface area (Å²) in [5.74, 6) is 0.762. The first kappa shape index (κ1) is 15.9. The fourth-order valence-electron chi connectivity index (χ4n) is 2.27. The van der Waals surface area contributed by atoms with Gasteiger partial charge in [0.2, 0.25) is 5.95 Å². The minimum absolute atomic E-state index is 0.0959. The first-order chi connectivity index (χ1) is 9.89. The lowest BCUT2D eigenvalue weighted by Gasteiger charge is -2.17. The van der Waals surface area contributed by atoms with Gasteiger partial charge in [0.15, 0.2) is 5.79 Å². The highest BCUT2D eigenvalue weighted by Gasteiger charge is 2.40. The van der Waals surface area contributed by atoms with Crippen molar-refractivity contribution in [2.24, 2.45) is 5.73 Å². The van der Waals surface area contributed by atoms with Gasteiger partial charge in [-0.25, -0.2) is 4.98 Å². The van der Waals surface area contributed by atoms with Crippen molar-refractivity contribution < 1.29 is 9.47 Å². The summed E-state index contributed by atoms with van der Waals surface area (Å²) in [4.78, 5) is 8.58. The number of nitrogens with zero attached hydrogens (tertiary/aromatic N) is 2. The highest BCUT2D eigenvalue weighted by atomic mass is 16.8. The molecule has 2 rings (SSSR count). The van der Waals surface area contributed by atoms with Gasteiger partial charge in [0, 0.05) is 25.3 Å². The van der Waals surface area contributed by atoms with Gasteiger partial charge in [0.25, 0.3) is 0 Å². The second kappa shape index (κ2) is 6.55. The quantitative estimate of drug-likeness (QED) is 0.725. The molecule has 0 saturated carbocycles. The van der Waals surface area contributed by atoms with Crippen molar-refractivity contribution >= 4 is 11.8 Å². The number of rotatable bonds is 6. The van der Waals surface area contributed by atoms with Crippen molar-refractivity contribution in [1.82, 2.24) is 9.97 Å². The van der Waals surface area contributed by atoms with E-state index in [4.69, 9.17) is 15.2 Å². The van der Waals surface area contributed by atoms with Crippen LogP contribution >= 0.6 is 0 Å². The second-order valence-corrected chi connectivity index (χ2v) is 5.89. The second-order valence-electron chi connectivity index (χ2n) is 5.89. The molecular formula is C14H25N5O2. The minimum atomic E-state index is -0.591. The highest BCUT2D eigenvalue weighted by molar-refractivity contribution is 5.39. The number of nitrogens with one attached hydrogen (secondary N) is 2. The van der Waals surface area contributed by atoms with E-state index in [0.29, 0.717) is 19.0 Å². The lowest BCUT2D eigenvalue weighted by Crippen LogP contribution is -2.35. The average Bonchev–Trinajstić information content (AvgIpc) is 2.70. The molecule has 1 aliphatic heterocycles. The number of ether oxygens (including phenoxy) is 2. The molecule has 2 heterocycles. The van der Waals surface area contributed by atoms with Crippen LogP contribution in [-0.4, -0.2) is 47.1 Å². The minimum Gasteiger partial charge on any atom is -0.367 e. The lowest BCUT2D eigenvalue weighted by molar-refractivity contribution is -0.144. The van der Waals surface area contributed by atoms with E-state index in [2.05, 4.69) is 20.6 Å². The summed E-state index contributed by atoms with van der Waals surface area (Å²) in [6, 6.07) is 2.11. The predicted octanol–water partition coefficient (Wildman–Crippen LogP) is 1.19. The number of hydrogen-bond acceptors (Lipinski definition) is 7. The summed E-state index contributed by atoms with van der Waals surface area (Å²) in [6.07, 6.45) is 1.51. The van der Waals surface area contributed by atoms with Crippen LogP contribution in [0.15, 0.2) is 12.3 Å². The summed E-state index contributed by atoms with van der Waals surface area (Å²) in [6.45, 7) is 8.89. The maximum Gasteiger partial charge on any atom is 0.224 e. The molecule has 0 amide bonds. The molecule has 0 bridgehead atoms. The molecule has 0 aliphatic carbocycles. The first-order valence-electron chi connectivity index (χ1n) is 7.29. The Bertz CT molecular complexity index is 466. The maximum atomic E-state index is 5.85. The van der Waals surface area contributed by atoms with Gasteiger partial charge in [0.05, 0.1) is 0 Å². The van der Waals surface area contributed by atoms with Crippen molar-refractivity contribution in [1.29, 1.82) is 0 Å². The summed E-state index contributed by atoms with van der Waals surface area (Å²) in [5, 5.41) is 6.42. The van der Waals surface area contributed by atoms with Gasteiger partial charge in [-0.15, -0.1) is 0 Å². The van der Waals surface area contributed by atoms with Crippen LogP contribution in [0.2, 0.25) is 0 Å². The van der Waals surface area contributed by atoms with E-state index in [-0.39, 0.29) is 18.2 Å². The molecule has 7 heteroatoms. The van der Waals surface area contributed by atoms with Crippen LogP contribution in [0.3, 0.4) is 0 Å². The molecule has 0 spiro atoms. The van der Waals surface area contributed by atoms with Crippen LogP contribution in [0.4, 0.5) is 11.8 Å². The molecule has 118 valence electrons. The molecule has 0 aromatic carbocycles. The van der Waals surface area contributed by atoms with Crippen LogP contribution < -0.4 is 16.4 Å². The molecule has 1 aliphatic rings. The summed E-state index contributed by atoms with van der Waals surface area (Å²) < 4.78 is 11.6. The Hall–Kier alpha value is -1.44. The predicted molar refractivity (Wildman–Crippen MR) is 82.2 cm³/mol. The number of nitrogens with two attached hydrogens (primary N) is 1. The molecule has 4 N–H and O–H groups in total. The van der Waals surface area contributed by atoms with E-state index >= 15 is 0 Å². The van der Waals surface area contributed by atoms with Crippen LogP contribution in [0, 0.1) is 0 Å². The van der Waals surface area contributed by atoms with Gasteiger partial charge in [-0.2, -0.15) is 4.98 Å². The zero-order valence-corrected chi connectivity index (χ0v) is 13.1. The zero-order valence-electron chi connectivity index (χ0n) is 13.1. The summed E-state index contributed by atoms with van der Waals surface area (Å²) in [7, 11) is 0. The van der Waals surface area contributed by atoms with E-state index in [1.807, 2.05) is 33.8 Å². The SMILES string of the molecule is CC(C)Nc1nccc(NCC2OC(C)(C)OC2CN)n1. The topological polar surface area (TPSA) is 94.3 Å². The van der Waals surface area contributed by atoms with Gasteiger partial charge in [-0.3, -0.25) is 0 Å². The van der Waals surface area contributed by atoms with Crippen LogP contribution in [-0.2, 0) is 9.47 Å². The highest BCUT2D eigenvalue weighted by Crippen LogP contribution is 2.27. The van der Waals surface area contributed by atoms with Gasteiger partial charge < -0.3 is 25.8 Å². The van der Waals surface area contributed by atoms with Crippen molar-refractivity contribution in [3.63, 3.8) is 0 Å². The van der Waals surface area contributed by atoms with Gasteiger partial charge in [-0.05, 0) is 33.8 Å². The Labute approximate surface area is 125 Å². The van der Waals surface area contributed by atoms with Crippen LogP contribution in [0.25, 0.3) is 0 Å². The first-order valence-corrected chi connectivity index (χ1v) is 7.29. The van der Waals surface area contributed by atoms with Gasteiger partial charge in [-0.1, -0.05) is 0 Å². The van der Waals surface area contributed by atoms with Crippen molar-refractivity contribution in [2.75, 3.05) is 23.7 Å². The molecule has 2 atom stereocenters. The summed E-state index contributed by atoms with van der Waals surface area (Å²) in [5.41, 5.74) is 5.72. The molecule has 1 saturated heterocycles. The molecule has 7 nitrogen and oxygen atoms in total. The van der Waals surface area contributed by atoms with E-state index in [1.165, 1.54) is 0 Å². The van der Waals surface area contributed by atoms with Crippen LogP contribution in [0.5, 0.6) is 0 Å². The molecule has 0 radical (unpaired) electrons. The third-order valence-electron chi connectivity index (χ3n) is 3.08. The van der Waals surface area contributed by atoms with Crippen molar-refractivity contribution in [2.45, 2.75) is 51.7 Å². The Balaban J connectivity index is 1.93. The Morgan fingerprint density at radius 1 is 1.33 bits per heavy atom. The average molecular weight is 295 g/mol. The number of aromatic nitrogens is 2. The fraction of sp³-hybridized carbons (Fsp3) is 0.714. The largest absolute Gasteiger partial charge is 0.367 e. The maximum absolute atomic E-state index is 5.85. The molecule has 1 aromatic heterocycles. The van der Waals surface area contributed by atoms with Gasteiger partial charge >= 0.3 is 0 Å². The smallest absolute Gasteiger partial charge is 0.224 e. The Morgan fingerprint density at radius 3 is 2.71 bits per heavy atom. The third kappa shape index (κ3) is 4.52. The Morgan fingerprint density at radius 2 is 2.05 bits per heavy atom.